The Morgan fingerprint density at radius 2 is 1.76 bits per heavy atom. The summed E-state index contributed by atoms with van der Waals surface area (Å²) in [5.74, 6) is 0.602. The second-order valence-corrected chi connectivity index (χ2v) is 5.73. The summed E-state index contributed by atoms with van der Waals surface area (Å²) in [7, 11) is 0. The van der Waals surface area contributed by atoms with Gasteiger partial charge in [0.2, 0.25) is 0 Å². The molecule has 0 radical (unpaired) electrons. The molecule has 0 amide bonds. The Hall–Kier alpha value is -0.810. The molecule has 1 atom stereocenters. The van der Waals surface area contributed by atoms with Gasteiger partial charge in [-0.25, -0.2) is 0 Å². The van der Waals surface area contributed by atoms with Crippen LogP contribution in [-0.2, 0) is 0 Å². The van der Waals surface area contributed by atoms with Gasteiger partial charge >= 0.3 is 0 Å². The third-order valence-electron chi connectivity index (χ3n) is 3.75. The zero-order valence-corrected chi connectivity index (χ0v) is 11.6. The molecule has 0 saturated heterocycles. The second kappa shape index (κ2) is 6.21. The smallest absolute Gasteiger partial charge is 0.0751 e. The molecular weight excluding hydrogens is 274 g/mol. The number of hydrogen-bond donors (Lipinski definition) is 0. The van der Waals surface area contributed by atoms with Gasteiger partial charge in [-0.1, -0.05) is 59.8 Å². The van der Waals surface area contributed by atoms with Gasteiger partial charge in [-0.05, 0) is 30.4 Å². The molecule has 1 aliphatic carbocycles. The van der Waals surface area contributed by atoms with Gasteiger partial charge in [0, 0.05) is 4.47 Å². The van der Waals surface area contributed by atoms with Crippen LogP contribution < -0.4 is 0 Å². The highest BCUT2D eigenvalue weighted by atomic mass is 79.9. The monoisotopic (exact) mass is 291 g/mol. The topological polar surface area (TPSA) is 23.8 Å². The van der Waals surface area contributed by atoms with E-state index in [1.54, 1.807) is 0 Å². The number of hydrogen-bond acceptors (Lipinski definition) is 1. The van der Waals surface area contributed by atoms with Crippen molar-refractivity contribution in [2.45, 2.75) is 44.4 Å². The van der Waals surface area contributed by atoms with Crippen LogP contribution in [-0.4, -0.2) is 0 Å². The van der Waals surface area contributed by atoms with E-state index in [1.807, 2.05) is 18.2 Å². The van der Waals surface area contributed by atoms with E-state index in [9.17, 15) is 5.26 Å². The Morgan fingerprint density at radius 3 is 2.35 bits per heavy atom. The summed E-state index contributed by atoms with van der Waals surface area (Å²) < 4.78 is 1.08. The van der Waals surface area contributed by atoms with Crippen LogP contribution in [0.1, 0.15) is 50.0 Å². The van der Waals surface area contributed by atoms with Crippen LogP contribution in [0.15, 0.2) is 28.7 Å². The highest BCUT2D eigenvalue weighted by Crippen LogP contribution is 2.37. The highest BCUT2D eigenvalue weighted by Gasteiger charge is 2.25. The van der Waals surface area contributed by atoms with Gasteiger partial charge in [0.1, 0.15) is 0 Å². The number of nitriles is 1. The van der Waals surface area contributed by atoms with Crippen LogP contribution in [0.2, 0.25) is 0 Å². The zero-order chi connectivity index (χ0) is 12.1. The predicted octanol–water partition coefficient (Wildman–Crippen LogP) is 5.03. The van der Waals surface area contributed by atoms with Crippen molar-refractivity contribution in [2.24, 2.45) is 5.92 Å². The van der Waals surface area contributed by atoms with Gasteiger partial charge in [0.05, 0.1) is 12.0 Å². The summed E-state index contributed by atoms with van der Waals surface area (Å²) in [6, 6.07) is 10.7. The molecule has 1 aliphatic rings. The third-order valence-corrected chi connectivity index (χ3v) is 4.47. The average Bonchev–Trinajstić information content (AvgIpc) is 2.62. The van der Waals surface area contributed by atoms with Crippen molar-refractivity contribution in [2.75, 3.05) is 0 Å². The molecule has 1 saturated carbocycles. The number of halogens is 1. The fourth-order valence-electron chi connectivity index (χ4n) is 2.80. The van der Waals surface area contributed by atoms with E-state index in [2.05, 4.69) is 28.1 Å². The van der Waals surface area contributed by atoms with Crippen molar-refractivity contribution < 1.29 is 0 Å². The number of rotatable bonds is 2. The van der Waals surface area contributed by atoms with Crippen LogP contribution in [0.3, 0.4) is 0 Å². The van der Waals surface area contributed by atoms with Crippen molar-refractivity contribution in [3.63, 3.8) is 0 Å². The fourth-order valence-corrected chi connectivity index (χ4v) is 3.33. The normalized spacial score (nSPS) is 19.3. The largest absolute Gasteiger partial charge is 0.198 e. The molecule has 1 unspecified atom stereocenters. The van der Waals surface area contributed by atoms with E-state index in [0.29, 0.717) is 5.92 Å². The quantitative estimate of drug-likeness (QED) is 0.701. The van der Waals surface area contributed by atoms with Crippen molar-refractivity contribution in [1.29, 1.82) is 5.26 Å². The van der Waals surface area contributed by atoms with Crippen LogP contribution >= 0.6 is 15.9 Å². The molecule has 0 aromatic heterocycles. The molecule has 0 N–H and O–H groups in total. The Kier molecular flexibility index (Phi) is 4.62. The van der Waals surface area contributed by atoms with Crippen LogP contribution in [0.25, 0.3) is 0 Å². The van der Waals surface area contributed by atoms with Gasteiger partial charge in [-0.2, -0.15) is 5.26 Å². The number of nitrogens with zero attached hydrogens (tertiary/aromatic N) is 1. The van der Waals surface area contributed by atoms with E-state index in [4.69, 9.17) is 0 Å². The summed E-state index contributed by atoms with van der Waals surface area (Å²) in [6.45, 7) is 0. The first-order valence-electron chi connectivity index (χ1n) is 6.47. The lowest BCUT2D eigenvalue weighted by atomic mass is 9.82. The van der Waals surface area contributed by atoms with Crippen LogP contribution in [0, 0.1) is 17.2 Å². The molecule has 0 bridgehead atoms. The molecular formula is C15H18BrN. The van der Waals surface area contributed by atoms with E-state index in [1.165, 1.54) is 44.1 Å². The Balaban J connectivity index is 2.21. The molecule has 0 spiro atoms. The van der Waals surface area contributed by atoms with Crippen LogP contribution in [0.4, 0.5) is 0 Å². The predicted molar refractivity (Wildman–Crippen MR) is 73.7 cm³/mol. The average molecular weight is 292 g/mol. The first kappa shape index (κ1) is 12.6. The Bertz CT molecular complexity index is 400. The lowest BCUT2D eigenvalue weighted by Crippen LogP contribution is -2.11. The van der Waals surface area contributed by atoms with Gasteiger partial charge in [0.15, 0.2) is 0 Å². The SMILES string of the molecule is N#CC(c1ccccc1Br)C1CCCCCC1. The molecule has 90 valence electrons. The summed E-state index contributed by atoms with van der Waals surface area (Å²) in [6.07, 6.45) is 7.66. The minimum Gasteiger partial charge on any atom is -0.198 e. The maximum Gasteiger partial charge on any atom is 0.0751 e. The Morgan fingerprint density at radius 1 is 1.12 bits per heavy atom. The maximum absolute atomic E-state index is 9.48. The third kappa shape index (κ3) is 3.10. The summed E-state index contributed by atoms with van der Waals surface area (Å²) in [4.78, 5) is 0. The van der Waals surface area contributed by atoms with Crippen molar-refractivity contribution in [3.05, 3.63) is 34.3 Å². The molecule has 0 heterocycles. The summed E-state index contributed by atoms with van der Waals surface area (Å²) >= 11 is 3.57. The van der Waals surface area contributed by atoms with Gasteiger partial charge < -0.3 is 0 Å². The molecule has 1 aromatic rings. The fraction of sp³-hybridized carbons (Fsp3) is 0.533. The molecule has 2 heteroatoms. The highest BCUT2D eigenvalue weighted by molar-refractivity contribution is 9.10. The molecule has 0 aliphatic heterocycles. The maximum atomic E-state index is 9.48. The summed E-state index contributed by atoms with van der Waals surface area (Å²) in [5, 5.41) is 9.48. The van der Waals surface area contributed by atoms with Gasteiger partial charge in [-0.15, -0.1) is 0 Å². The number of benzene rings is 1. The van der Waals surface area contributed by atoms with Crippen LogP contribution in [0.5, 0.6) is 0 Å². The first-order valence-corrected chi connectivity index (χ1v) is 7.26. The lowest BCUT2D eigenvalue weighted by molar-refractivity contribution is 0.424. The standard InChI is InChI=1S/C15H18BrN/c16-15-10-6-5-9-13(15)14(11-17)12-7-3-1-2-4-8-12/h5-6,9-10,12,14H,1-4,7-8H2. The van der Waals surface area contributed by atoms with Crippen molar-refractivity contribution in [1.82, 2.24) is 0 Å². The molecule has 1 aromatic carbocycles. The Labute approximate surface area is 112 Å². The molecule has 1 fully saturated rings. The molecule has 1 nitrogen and oxygen atoms in total. The van der Waals surface area contributed by atoms with E-state index in [0.717, 1.165) is 4.47 Å². The lowest BCUT2D eigenvalue weighted by Gasteiger charge is -2.21. The van der Waals surface area contributed by atoms with Gasteiger partial charge in [0.25, 0.3) is 0 Å². The second-order valence-electron chi connectivity index (χ2n) is 4.88. The van der Waals surface area contributed by atoms with Crippen molar-refractivity contribution >= 4 is 15.9 Å². The van der Waals surface area contributed by atoms with E-state index < -0.39 is 0 Å². The van der Waals surface area contributed by atoms with Crippen molar-refractivity contribution in [3.8, 4) is 6.07 Å². The zero-order valence-electron chi connectivity index (χ0n) is 10.0. The molecule has 17 heavy (non-hydrogen) atoms. The van der Waals surface area contributed by atoms with E-state index >= 15 is 0 Å². The van der Waals surface area contributed by atoms with Gasteiger partial charge in [-0.3, -0.25) is 0 Å². The minimum absolute atomic E-state index is 0.0590. The first-order chi connectivity index (χ1) is 8.33. The minimum atomic E-state index is 0.0590. The van der Waals surface area contributed by atoms with E-state index in [-0.39, 0.29) is 5.92 Å². The molecule has 2 rings (SSSR count). The summed E-state index contributed by atoms with van der Waals surface area (Å²) in [5.41, 5.74) is 1.17.